The maximum atomic E-state index is 11.5. The minimum atomic E-state index is -0.911. The molecule has 0 aliphatic heterocycles. The van der Waals surface area contributed by atoms with Gasteiger partial charge in [0.2, 0.25) is 11.8 Å². The van der Waals surface area contributed by atoms with Crippen molar-refractivity contribution in [1.29, 1.82) is 0 Å². The number of rotatable bonds is 4. The molecular weight excluding hydrogens is 206 g/mol. The van der Waals surface area contributed by atoms with Crippen LogP contribution in [0.2, 0.25) is 0 Å². The number of amides is 2. The summed E-state index contributed by atoms with van der Waals surface area (Å²) in [4.78, 5) is 24.0. The first kappa shape index (κ1) is 12.8. The Morgan fingerprint density at radius 1 is 1.57 bits per heavy atom. The molecule has 1 unspecified atom stereocenters. The van der Waals surface area contributed by atoms with Crippen LogP contribution in [-0.2, 0) is 9.59 Å². The van der Waals surface area contributed by atoms with E-state index in [9.17, 15) is 9.59 Å². The quantitative estimate of drug-likeness (QED) is 0.216. The molecule has 2 N–H and O–H groups in total. The molecule has 0 rings (SSSR count). The third-order valence-corrected chi connectivity index (χ3v) is 2.30. The third kappa shape index (κ3) is 3.65. The summed E-state index contributed by atoms with van der Waals surface area (Å²) in [6.07, 6.45) is 0. The maximum Gasteiger partial charge on any atom is 0.245 e. The molecule has 0 fully saturated rings. The average molecular weight is 219 g/mol. The molecule has 0 saturated heterocycles. The third-order valence-electron chi connectivity index (χ3n) is 1.39. The van der Waals surface area contributed by atoms with Crippen molar-refractivity contribution in [2.45, 2.75) is 5.25 Å². The van der Waals surface area contributed by atoms with Gasteiger partial charge in [-0.05, 0) is 0 Å². The van der Waals surface area contributed by atoms with E-state index in [0.29, 0.717) is 0 Å². The van der Waals surface area contributed by atoms with Crippen LogP contribution >= 0.6 is 11.8 Å². The Hall–Kier alpha value is -1.24. The van der Waals surface area contributed by atoms with Gasteiger partial charge in [0, 0.05) is 21.1 Å². The van der Waals surface area contributed by atoms with Gasteiger partial charge in [-0.3, -0.25) is 9.59 Å². The Morgan fingerprint density at radius 2 is 2.14 bits per heavy atom. The summed E-state index contributed by atoms with van der Waals surface area (Å²) in [6, 6.07) is 0. The van der Waals surface area contributed by atoms with Gasteiger partial charge in [0.25, 0.3) is 0 Å². The molecule has 80 valence electrons. The largest absolute Gasteiger partial charge is 0.410 e. The average Bonchev–Trinajstić information content (AvgIpc) is 2.17. The van der Waals surface area contributed by atoms with E-state index in [2.05, 4.69) is 10.5 Å². The van der Waals surface area contributed by atoms with Crippen LogP contribution in [0.25, 0.3) is 0 Å². The molecule has 0 saturated carbocycles. The predicted molar refractivity (Wildman–Crippen MR) is 54.4 cm³/mol. The van der Waals surface area contributed by atoms with E-state index in [1.807, 2.05) is 0 Å². The zero-order chi connectivity index (χ0) is 11.1. The van der Waals surface area contributed by atoms with Crippen molar-refractivity contribution in [3.05, 3.63) is 0 Å². The van der Waals surface area contributed by atoms with Gasteiger partial charge in [-0.25, -0.2) is 0 Å². The second-order valence-electron chi connectivity index (χ2n) is 2.58. The SMILES string of the molecule is CNC(=O)C(S/C=N/O)C(=O)N(C)C. The van der Waals surface area contributed by atoms with Crippen LogP contribution in [0.1, 0.15) is 0 Å². The smallest absolute Gasteiger partial charge is 0.245 e. The minimum absolute atomic E-state index is 0.353. The van der Waals surface area contributed by atoms with Gasteiger partial charge in [0.05, 0.1) is 0 Å². The fourth-order valence-corrected chi connectivity index (χ4v) is 1.43. The zero-order valence-corrected chi connectivity index (χ0v) is 9.04. The van der Waals surface area contributed by atoms with Crippen molar-refractivity contribution in [3.63, 3.8) is 0 Å². The number of nitrogens with zero attached hydrogens (tertiary/aromatic N) is 2. The van der Waals surface area contributed by atoms with Crippen LogP contribution in [0.4, 0.5) is 0 Å². The lowest BCUT2D eigenvalue weighted by molar-refractivity contribution is -0.133. The minimum Gasteiger partial charge on any atom is -0.410 e. The molecule has 2 amide bonds. The molecule has 0 aliphatic rings. The molecule has 0 radical (unpaired) electrons. The summed E-state index contributed by atoms with van der Waals surface area (Å²) < 4.78 is 0. The zero-order valence-electron chi connectivity index (χ0n) is 8.22. The van der Waals surface area contributed by atoms with Crippen molar-refractivity contribution >= 4 is 29.1 Å². The molecule has 0 spiro atoms. The Bertz CT molecular complexity index is 242. The van der Waals surface area contributed by atoms with Crippen molar-refractivity contribution < 1.29 is 14.8 Å². The summed E-state index contributed by atoms with van der Waals surface area (Å²) >= 11 is 0.846. The lowest BCUT2D eigenvalue weighted by atomic mass is 10.3. The summed E-state index contributed by atoms with van der Waals surface area (Å²) in [5.41, 5.74) is 1.04. The van der Waals surface area contributed by atoms with Gasteiger partial charge < -0.3 is 15.4 Å². The van der Waals surface area contributed by atoms with Gasteiger partial charge in [-0.15, -0.1) is 0 Å². The van der Waals surface area contributed by atoms with Crippen molar-refractivity contribution in [2.24, 2.45) is 5.16 Å². The van der Waals surface area contributed by atoms with E-state index < -0.39 is 11.2 Å². The van der Waals surface area contributed by atoms with Crippen molar-refractivity contribution in [3.8, 4) is 0 Å². The highest BCUT2D eigenvalue weighted by molar-refractivity contribution is 8.13. The maximum absolute atomic E-state index is 11.5. The highest BCUT2D eigenvalue weighted by Crippen LogP contribution is 2.10. The van der Waals surface area contributed by atoms with E-state index in [1.165, 1.54) is 11.9 Å². The Balaban J connectivity index is 4.54. The van der Waals surface area contributed by atoms with E-state index in [1.54, 1.807) is 14.1 Å². The first-order chi connectivity index (χ1) is 6.54. The Labute approximate surface area is 86.3 Å². The second-order valence-corrected chi connectivity index (χ2v) is 3.54. The number of carbonyl (C=O) groups excluding carboxylic acids is 2. The monoisotopic (exact) mass is 219 g/mol. The Kier molecular flexibility index (Phi) is 5.70. The molecular formula is C7H13N3O3S. The van der Waals surface area contributed by atoms with Gasteiger partial charge >= 0.3 is 0 Å². The van der Waals surface area contributed by atoms with Gasteiger partial charge in [0.1, 0.15) is 5.55 Å². The normalized spacial score (nSPS) is 12.5. The number of oxime groups is 1. The topological polar surface area (TPSA) is 82.0 Å². The predicted octanol–water partition coefficient (Wildman–Crippen LogP) is -0.660. The van der Waals surface area contributed by atoms with Gasteiger partial charge in [-0.2, -0.15) is 0 Å². The first-order valence-corrected chi connectivity index (χ1v) is 4.73. The summed E-state index contributed by atoms with van der Waals surface area (Å²) in [5, 5.41) is 12.4. The fraction of sp³-hybridized carbons (Fsp3) is 0.571. The lowest BCUT2D eigenvalue weighted by Gasteiger charge is -2.16. The number of thioether (sulfide) groups is 1. The van der Waals surface area contributed by atoms with E-state index in [4.69, 9.17) is 5.21 Å². The molecule has 0 bridgehead atoms. The van der Waals surface area contributed by atoms with E-state index in [0.717, 1.165) is 17.3 Å². The second kappa shape index (κ2) is 6.25. The molecule has 6 nitrogen and oxygen atoms in total. The Morgan fingerprint density at radius 3 is 2.50 bits per heavy atom. The molecule has 7 heteroatoms. The van der Waals surface area contributed by atoms with Crippen LogP contribution in [0.3, 0.4) is 0 Å². The van der Waals surface area contributed by atoms with Crippen LogP contribution in [-0.4, -0.2) is 53.9 Å². The van der Waals surface area contributed by atoms with Crippen LogP contribution in [0, 0.1) is 0 Å². The number of carbonyl (C=O) groups is 2. The van der Waals surface area contributed by atoms with Crippen LogP contribution < -0.4 is 5.32 Å². The van der Waals surface area contributed by atoms with Crippen LogP contribution in [0.5, 0.6) is 0 Å². The van der Waals surface area contributed by atoms with Gasteiger partial charge in [0.15, 0.2) is 5.25 Å². The number of hydrogen-bond donors (Lipinski definition) is 2. The fourth-order valence-electron chi connectivity index (χ4n) is 0.686. The molecule has 0 aromatic carbocycles. The molecule has 0 aromatic heterocycles. The molecule has 1 atom stereocenters. The van der Waals surface area contributed by atoms with Gasteiger partial charge in [-0.1, -0.05) is 16.9 Å². The van der Waals surface area contributed by atoms with E-state index in [-0.39, 0.29) is 5.91 Å². The van der Waals surface area contributed by atoms with Crippen LogP contribution in [0.15, 0.2) is 5.16 Å². The number of hydrogen-bond acceptors (Lipinski definition) is 5. The molecule has 0 aromatic rings. The lowest BCUT2D eigenvalue weighted by Crippen LogP contribution is -2.42. The van der Waals surface area contributed by atoms with E-state index >= 15 is 0 Å². The molecule has 14 heavy (non-hydrogen) atoms. The number of nitrogens with one attached hydrogen (secondary N) is 1. The summed E-state index contributed by atoms with van der Waals surface area (Å²) in [5.74, 6) is -0.775. The molecule has 0 heterocycles. The summed E-state index contributed by atoms with van der Waals surface area (Å²) in [6.45, 7) is 0. The van der Waals surface area contributed by atoms with Crippen molar-refractivity contribution in [2.75, 3.05) is 21.1 Å². The standard InChI is InChI=1S/C7H13N3O3S/c1-8-6(11)5(14-4-9-13)7(12)10(2)3/h4-5,13H,1-3H3,(H,8,11)/b9-4+. The summed E-state index contributed by atoms with van der Waals surface area (Å²) in [7, 11) is 4.54. The van der Waals surface area contributed by atoms with Crippen molar-refractivity contribution in [1.82, 2.24) is 10.2 Å². The highest BCUT2D eigenvalue weighted by atomic mass is 32.2. The highest BCUT2D eigenvalue weighted by Gasteiger charge is 2.27. The first-order valence-electron chi connectivity index (χ1n) is 3.78. The molecule has 0 aliphatic carbocycles.